The fraction of sp³-hybridized carbons (Fsp3) is 0.818. The molecule has 0 unspecified atom stereocenters. The van der Waals surface area contributed by atoms with Gasteiger partial charge in [-0.2, -0.15) is 0 Å². The minimum atomic E-state index is -2.97. The van der Waals surface area contributed by atoms with Crippen molar-refractivity contribution in [1.82, 2.24) is 0 Å². The van der Waals surface area contributed by atoms with Crippen LogP contribution in [0.15, 0.2) is 0 Å². The summed E-state index contributed by atoms with van der Waals surface area (Å²) < 4.78 is 4.75. The summed E-state index contributed by atoms with van der Waals surface area (Å²) in [6.45, 7) is -2.16. The Hall–Kier alpha value is -1.22. The summed E-state index contributed by atoms with van der Waals surface area (Å²) in [5.74, 6) is -6.10. The number of ether oxygens (including phenoxy) is 1. The Morgan fingerprint density at radius 1 is 1.30 bits per heavy atom. The monoisotopic (exact) mass is 343 g/mol. The number of aliphatic carboxylic acids is 1. The Morgan fingerprint density at radius 3 is 2.22 bits per heavy atom. The molecule has 11 N–H and O–H groups in total. The van der Waals surface area contributed by atoms with Crippen LogP contribution in [0.25, 0.3) is 0 Å². The van der Waals surface area contributed by atoms with Gasteiger partial charge in [0.05, 0.1) is 12.7 Å². The first-order chi connectivity index (χ1) is 10.0. The lowest BCUT2D eigenvalue weighted by Crippen LogP contribution is -2.76. The molecule has 1 rings (SSSR count). The molecule has 1 aliphatic heterocycles. The first kappa shape index (κ1) is 21.8. The molecule has 0 aromatic heterocycles. The van der Waals surface area contributed by atoms with Crippen LogP contribution in [0, 0.1) is 0 Å². The molecule has 0 aromatic carbocycles. The predicted octanol–water partition coefficient (Wildman–Crippen LogP) is -5.94. The Kier molecular flexibility index (Phi) is 7.16. The highest BCUT2D eigenvalue weighted by Crippen LogP contribution is 2.36. The standard InChI is InChI=1S/C11H19NO10.H2O/c12-11(6(17)3-14)5(16)1-10(21,9(19)20)22-8(11)7(18)4(15)2-13;/h4-5,7-8,13-16,18,21H,1-3,12H2,(H,19,20);1H2/t4-,5+,7-,8+,10+,11+;/m1./s1. The van der Waals surface area contributed by atoms with E-state index >= 15 is 0 Å². The first-order valence-electron chi connectivity index (χ1n) is 6.26. The summed E-state index contributed by atoms with van der Waals surface area (Å²) >= 11 is 0. The highest BCUT2D eigenvalue weighted by Gasteiger charge is 2.62. The molecule has 0 amide bonds. The van der Waals surface area contributed by atoms with Gasteiger partial charge < -0.3 is 51.7 Å². The van der Waals surface area contributed by atoms with Gasteiger partial charge in [-0.1, -0.05) is 0 Å². The number of nitrogens with two attached hydrogens (primary N) is 1. The number of rotatable bonds is 6. The molecule has 0 saturated carbocycles. The molecule has 0 bridgehead atoms. The van der Waals surface area contributed by atoms with Crippen molar-refractivity contribution >= 4 is 11.8 Å². The van der Waals surface area contributed by atoms with Crippen molar-refractivity contribution in [3.05, 3.63) is 0 Å². The highest BCUT2D eigenvalue weighted by atomic mass is 16.7. The SMILES string of the molecule is N[C@]1(C(=O)CO)[C@@H](O)C[C@@](O)(C(=O)O)O[C@H]1[C@H](O)[C@H](O)CO.O. The topological polar surface area (TPSA) is 242 Å². The predicted molar refractivity (Wildman–Crippen MR) is 69.8 cm³/mol. The van der Waals surface area contributed by atoms with Gasteiger partial charge in [-0.15, -0.1) is 0 Å². The van der Waals surface area contributed by atoms with Crippen LogP contribution in [0.1, 0.15) is 6.42 Å². The van der Waals surface area contributed by atoms with E-state index in [4.69, 9.17) is 25.8 Å². The molecular weight excluding hydrogens is 322 g/mol. The summed E-state index contributed by atoms with van der Waals surface area (Å²) in [5, 5.41) is 65.8. The van der Waals surface area contributed by atoms with Crippen molar-refractivity contribution in [3.8, 4) is 0 Å². The summed E-state index contributed by atoms with van der Waals surface area (Å²) in [5.41, 5.74) is 3.18. The number of carbonyl (C=O) groups is 2. The average molecular weight is 343 g/mol. The van der Waals surface area contributed by atoms with Crippen molar-refractivity contribution in [2.24, 2.45) is 5.73 Å². The minimum Gasteiger partial charge on any atom is -0.477 e. The van der Waals surface area contributed by atoms with Gasteiger partial charge in [0.25, 0.3) is 5.79 Å². The number of ketones is 1. The smallest absolute Gasteiger partial charge is 0.364 e. The molecule has 12 nitrogen and oxygen atoms in total. The summed E-state index contributed by atoms with van der Waals surface area (Å²) in [6, 6.07) is 0. The molecule has 0 aliphatic carbocycles. The minimum absolute atomic E-state index is 0. The van der Waals surface area contributed by atoms with Crippen LogP contribution in [0.4, 0.5) is 0 Å². The fourth-order valence-corrected chi connectivity index (χ4v) is 2.26. The zero-order valence-corrected chi connectivity index (χ0v) is 11.9. The van der Waals surface area contributed by atoms with E-state index in [1.54, 1.807) is 0 Å². The quantitative estimate of drug-likeness (QED) is 0.225. The molecule has 1 aliphatic rings. The van der Waals surface area contributed by atoms with E-state index in [1.807, 2.05) is 0 Å². The molecule has 0 aromatic rings. The highest BCUT2D eigenvalue weighted by molar-refractivity contribution is 5.91. The Labute approximate surface area is 129 Å². The van der Waals surface area contributed by atoms with E-state index in [0.717, 1.165) is 0 Å². The number of Topliss-reactive ketones (excluding diaryl/α,β-unsaturated/α-hetero) is 1. The Bertz CT molecular complexity index is 446. The molecule has 23 heavy (non-hydrogen) atoms. The molecule has 0 spiro atoms. The van der Waals surface area contributed by atoms with Gasteiger partial charge in [-0.3, -0.25) is 4.79 Å². The van der Waals surface area contributed by atoms with Gasteiger partial charge in [0.1, 0.15) is 30.5 Å². The Balaban J connectivity index is 0.00000484. The van der Waals surface area contributed by atoms with Gasteiger partial charge in [0.2, 0.25) is 0 Å². The average Bonchev–Trinajstić information content (AvgIpc) is 2.48. The van der Waals surface area contributed by atoms with E-state index in [9.17, 15) is 30.0 Å². The number of aliphatic hydroxyl groups excluding tert-OH is 5. The fourth-order valence-electron chi connectivity index (χ4n) is 2.26. The molecule has 136 valence electrons. The number of hydrogen-bond acceptors (Lipinski definition) is 10. The maximum atomic E-state index is 11.8. The van der Waals surface area contributed by atoms with Gasteiger partial charge in [0.15, 0.2) is 5.78 Å². The van der Waals surface area contributed by atoms with Crippen molar-refractivity contribution < 1.29 is 55.5 Å². The van der Waals surface area contributed by atoms with Crippen molar-refractivity contribution in [1.29, 1.82) is 0 Å². The van der Waals surface area contributed by atoms with E-state index in [-0.39, 0.29) is 5.48 Å². The number of carboxylic acids is 1. The van der Waals surface area contributed by atoms with Crippen LogP contribution >= 0.6 is 0 Å². The maximum Gasteiger partial charge on any atom is 0.364 e. The van der Waals surface area contributed by atoms with Gasteiger partial charge in [0, 0.05) is 6.42 Å². The second kappa shape index (κ2) is 7.57. The van der Waals surface area contributed by atoms with E-state index in [2.05, 4.69) is 0 Å². The van der Waals surface area contributed by atoms with E-state index in [1.165, 1.54) is 0 Å². The van der Waals surface area contributed by atoms with Crippen molar-refractivity contribution in [3.63, 3.8) is 0 Å². The first-order valence-corrected chi connectivity index (χ1v) is 6.26. The molecule has 12 heteroatoms. The van der Waals surface area contributed by atoms with Gasteiger partial charge in [-0.25, -0.2) is 4.79 Å². The van der Waals surface area contributed by atoms with Crippen LogP contribution < -0.4 is 5.73 Å². The lowest BCUT2D eigenvalue weighted by atomic mass is 9.74. The number of carbonyl (C=O) groups excluding carboxylic acids is 1. The number of hydrogen-bond donors (Lipinski definition) is 8. The molecule has 1 heterocycles. The lowest BCUT2D eigenvalue weighted by molar-refractivity contribution is -0.304. The summed E-state index contributed by atoms with van der Waals surface area (Å²) in [7, 11) is 0. The van der Waals surface area contributed by atoms with Crippen LogP contribution in [0.2, 0.25) is 0 Å². The summed E-state index contributed by atoms with van der Waals surface area (Å²) in [6.07, 6.45) is -9.14. The third-order valence-electron chi connectivity index (χ3n) is 3.67. The van der Waals surface area contributed by atoms with Crippen molar-refractivity contribution in [2.45, 2.75) is 42.2 Å². The van der Waals surface area contributed by atoms with Crippen LogP contribution in [0.5, 0.6) is 0 Å². The van der Waals surface area contributed by atoms with Gasteiger partial charge >= 0.3 is 5.97 Å². The summed E-state index contributed by atoms with van der Waals surface area (Å²) in [4.78, 5) is 22.8. The number of carboxylic acid groups (broad SMARTS) is 1. The van der Waals surface area contributed by atoms with Crippen molar-refractivity contribution in [2.75, 3.05) is 13.2 Å². The molecule has 6 atom stereocenters. The largest absolute Gasteiger partial charge is 0.477 e. The number of aliphatic hydroxyl groups is 6. The lowest BCUT2D eigenvalue weighted by Gasteiger charge is -2.49. The zero-order valence-electron chi connectivity index (χ0n) is 11.9. The third-order valence-corrected chi connectivity index (χ3v) is 3.67. The second-order valence-corrected chi connectivity index (χ2v) is 5.10. The molecule has 0 radical (unpaired) electrons. The normalized spacial score (nSPS) is 36.7. The van der Waals surface area contributed by atoms with Crippen LogP contribution in [0.3, 0.4) is 0 Å². The van der Waals surface area contributed by atoms with Crippen LogP contribution in [-0.2, 0) is 14.3 Å². The molecule has 1 saturated heterocycles. The van der Waals surface area contributed by atoms with E-state index in [0.29, 0.717) is 0 Å². The molecule has 1 fully saturated rings. The zero-order chi connectivity index (χ0) is 17.3. The Morgan fingerprint density at radius 2 is 1.83 bits per heavy atom. The van der Waals surface area contributed by atoms with Gasteiger partial charge in [-0.05, 0) is 0 Å². The second-order valence-electron chi connectivity index (χ2n) is 5.10. The maximum absolute atomic E-state index is 11.8. The van der Waals surface area contributed by atoms with E-state index < -0.39 is 67.1 Å². The molecular formula is C11H21NO11. The van der Waals surface area contributed by atoms with Crippen LogP contribution in [-0.4, -0.2) is 102 Å². The third kappa shape index (κ3) is 3.65.